The van der Waals surface area contributed by atoms with E-state index in [-0.39, 0.29) is 18.4 Å². The predicted molar refractivity (Wildman–Crippen MR) is 67.8 cm³/mol. The average Bonchev–Trinajstić information content (AvgIpc) is 2.34. The monoisotopic (exact) mass is 250 g/mol. The van der Waals surface area contributed by atoms with Gasteiger partial charge in [0.15, 0.2) is 0 Å². The molecule has 0 heterocycles. The van der Waals surface area contributed by atoms with E-state index < -0.39 is 12.0 Å². The Bertz CT molecular complexity index is 404. The number of carboxylic acids is 1. The molecule has 0 saturated carbocycles. The SMILES string of the molecule is C[C@H](N)C(=O)NC(CCC(=O)O)c1ccccc1. The van der Waals surface area contributed by atoms with E-state index in [2.05, 4.69) is 5.32 Å². The van der Waals surface area contributed by atoms with Crippen molar-refractivity contribution in [1.82, 2.24) is 5.32 Å². The molecule has 0 aliphatic rings. The molecule has 1 aromatic rings. The number of aliphatic carboxylic acids is 1. The van der Waals surface area contributed by atoms with Crippen LogP contribution in [0.5, 0.6) is 0 Å². The number of nitrogens with one attached hydrogen (secondary N) is 1. The van der Waals surface area contributed by atoms with Gasteiger partial charge in [-0.3, -0.25) is 9.59 Å². The molecule has 0 aromatic heterocycles. The third kappa shape index (κ3) is 4.55. The third-order valence-electron chi connectivity index (χ3n) is 2.58. The number of amides is 1. The largest absolute Gasteiger partial charge is 0.481 e. The summed E-state index contributed by atoms with van der Waals surface area (Å²) in [4.78, 5) is 22.2. The van der Waals surface area contributed by atoms with E-state index in [1.165, 1.54) is 0 Å². The van der Waals surface area contributed by atoms with E-state index in [1.807, 2.05) is 30.3 Å². The fourth-order valence-corrected chi connectivity index (χ4v) is 1.58. The molecule has 18 heavy (non-hydrogen) atoms. The van der Waals surface area contributed by atoms with Gasteiger partial charge in [-0.15, -0.1) is 0 Å². The highest BCUT2D eigenvalue weighted by Gasteiger charge is 2.17. The molecule has 5 nitrogen and oxygen atoms in total. The summed E-state index contributed by atoms with van der Waals surface area (Å²) in [5.41, 5.74) is 6.37. The first-order valence-electron chi connectivity index (χ1n) is 5.83. The second-order valence-corrected chi connectivity index (χ2v) is 4.19. The number of benzene rings is 1. The van der Waals surface area contributed by atoms with Crippen molar-refractivity contribution in [2.75, 3.05) is 0 Å². The van der Waals surface area contributed by atoms with Gasteiger partial charge in [-0.05, 0) is 18.9 Å². The molecule has 4 N–H and O–H groups in total. The molecule has 1 aromatic carbocycles. The number of carbonyl (C=O) groups is 2. The second kappa shape index (κ2) is 6.76. The van der Waals surface area contributed by atoms with Gasteiger partial charge in [-0.2, -0.15) is 0 Å². The molecule has 0 fully saturated rings. The fourth-order valence-electron chi connectivity index (χ4n) is 1.58. The van der Waals surface area contributed by atoms with Gasteiger partial charge in [-0.25, -0.2) is 0 Å². The Morgan fingerprint density at radius 1 is 1.33 bits per heavy atom. The van der Waals surface area contributed by atoms with E-state index in [0.29, 0.717) is 6.42 Å². The Morgan fingerprint density at radius 3 is 2.44 bits per heavy atom. The maximum Gasteiger partial charge on any atom is 0.303 e. The van der Waals surface area contributed by atoms with Gasteiger partial charge in [0.05, 0.1) is 12.1 Å². The number of rotatable bonds is 6. The number of hydrogen-bond acceptors (Lipinski definition) is 3. The van der Waals surface area contributed by atoms with Gasteiger partial charge < -0.3 is 16.2 Å². The Kier molecular flexibility index (Phi) is 5.32. The van der Waals surface area contributed by atoms with Crippen LogP contribution in [0.3, 0.4) is 0 Å². The van der Waals surface area contributed by atoms with Crippen LogP contribution >= 0.6 is 0 Å². The molecule has 0 spiro atoms. The predicted octanol–water partition coefficient (Wildman–Crippen LogP) is 1.06. The minimum atomic E-state index is -0.883. The lowest BCUT2D eigenvalue weighted by atomic mass is 10.0. The highest BCUT2D eigenvalue weighted by atomic mass is 16.4. The van der Waals surface area contributed by atoms with Gasteiger partial charge in [0, 0.05) is 6.42 Å². The molecule has 0 saturated heterocycles. The van der Waals surface area contributed by atoms with Crippen molar-refractivity contribution in [3.63, 3.8) is 0 Å². The lowest BCUT2D eigenvalue weighted by molar-refractivity contribution is -0.137. The topological polar surface area (TPSA) is 92.4 Å². The smallest absolute Gasteiger partial charge is 0.303 e. The zero-order valence-corrected chi connectivity index (χ0v) is 10.3. The molecule has 0 bridgehead atoms. The first-order chi connectivity index (χ1) is 8.50. The summed E-state index contributed by atoms with van der Waals surface area (Å²) < 4.78 is 0. The normalized spacial score (nSPS) is 13.7. The average molecular weight is 250 g/mol. The molecular formula is C13H18N2O3. The van der Waals surface area contributed by atoms with Crippen molar-refractivity contribution < 1.29 is 14.7 Å². The summed E-state index contributed by atoms with van der Waals surface area (Å²) >= 11 is 0. The van der Waals surface area contributed by atoms with Gasteiger partial charge >= 0.3 is 5.97 Å². The summed E-state index contributed by atoms with van der Waals surface area (Å²) in [6, 6.07) is 8.34. The highest BCUT2D eigenvalue weighted by molar-refractivity contribution is 5.81. The van der Waals surface area contributed by atoms with Crippen LogP contribution in [-0.2, 0) is 9.59 Å². The van der Waals surface area contributed by atoms with E-state index in [0.717, 1.165) is 5.56 Å². The van der Waals surface area contributed by atoms with Crippen LogP contribution in [-0.4, -0.2) is 23.0 Å². The summed E-state index contributed by atoms with van der Waals surface area (Å²) in [6.45, 7) is 1.59. The minimum absolute atomic E-state index is 0.00120. The van der Waals surface area contributed by atoms with E-state index in [1.54, 1.807) is 6.92 Å². The van der Waals surface area contributed by atoms with Crippen molar-refractivity contribution >= 4 is 11.9 Å². The Balaban J connectivity index is 2.75. The van der Waals surface area contributed by atoms with Crippen molar-refractivity contribution in [1.29, 1.82) is 0 Å². The van der Waals surface area contributed by atoms with E-state index >= 15 is 0 Å². The first kappa shape index (κ1) is 14.2. The molecule has 0 radical (unpaired) electrons. The first-order valence-corrected chi connectivity index (χ1v) is 5.83. The van der Waals surface area contributed by atoms with Crippen LogP contribution in [0.25, 0.3) is 0 Å². The zero-order chi connectivity index (χ0) is 13.5. The summed E-state index contributed by atoms with van der Waals surface area (Å²) in [5, 5.41) is 11.5. The van der Waals surface area contributed by atoms with Crippen LogP contribution in [0.1, 0.15) is 31.4 Å². The van der Waals surface area contributed by atoms with Crippen molar-refractivity contribution in [3.8, 4) is 0 Å². The minimum Gasteiger partial charge on any atom is -0.481 e. The molecule has 98 valence electrons. The Morgan fingerprint density at radius 2 is 1.94 bits per heavy atom. The summed E-state index contributed by atoms with van der Waals surface area (Å²) in [6.07, 6.45) is 0.344. The van der Waals surface area contributed by atoms with E-state index in [4.69, 9.17) is 10.8 Å². The summed E-state index contributed by atoms with van der Waals surface area (Å²) in [5.74, 6) is -1.17. The van der Waals surface area contributed by atoms with Gasteiger partial charge in [0.1, 0.15) is 0 Å². The van der Waals surface area contributed by atoms with Crippen LogP contribution in [0.15, 0.2) is 30.3 Å². The number of carbonyl (C=O) groups excluding carboxylic acids is 1. The van der Waals surface area contributed by atoms with Crippen LogP contribution in [0, 0.1) is 0 Å². The molecular weight excluding hydrogens is 232 g/mol. The van der Waals surface area contributed by atoms with Crippen LogP contribution < -0.4 is 11.1 Å². The van der Waals surface area contributed by atoms with Crippen LogP contribution in [0.4, 0.5) is 0 Å². The molecule has 1 unspecified atom stereocenters. The lowest BCUT2D eigenvalue weighted by Crippen LogP contribution is -2.40. The molecule has 1 rings (SSSR count). The summed E-state index contributed by atoms with van der Waals surface area (Å²) in [7, 11) is 0. The molecule has 5 heteroatoms. The van der Waals surface area contributed by atoms with Crippen molar-refractivity contribution in [2.45, 2.75) is 31.8 Å². The molecule has 0 aliphatic heterocycles. The number of nitrogens with two attached hydrogens (primary N) is 1. The maximum atomic E-state index is 11.6. The van der Waals surface area contributed by atoms with Crippen molar-refractivity contribution in [3.05, 3.63) is 35.9 Å². The molecule has 0 aliphatic carbocycles. The standard InChI is InChI=1S/C13H18N2O3/c1-9(14)13(18)15-11(7-8-12(16)17)10-5-3-2-4-6-10/h2-6,9,11H,7-8,14H2,1H3,(H,15,18)(H,16,17)/t9-,11?/m0/s1. The number of hydrogen-bond donors (Lipinski definition) is 3. The van der Waals surface area contributed by atoms with Gasteiger partial charge in [0.2, 0.25) is 5.91 Å². The van der Waals surface area contributed by atoms with E-state index in [9.17, 15) is 9.59 Å². The van der Waals surface area contributed by atoms with Gasteiger partial charge in [0.25, 0.3) is 0 Å². The lowest BCUT2D eigenvalue weighted by Gasteiger charge is -2.19. The zero-order valence-electron chi connectivity index (χ0n) is 10.3. The third-order valence-corrected chi connectivity index (χ3v) is 2.58. The Labute approximate surface area is 106 Å². The number of carboxylic acid groups (broad SMARTS) is 1. The van der Waals surface area contributed by atoms with Crippen LogP contribution in [0.2, 0.25) is 0 Å². The maximum absolute atomic E-state index is 11.6. The Hall–Kier alpha value is -1.88. The quantitative estimate of drug-likeness (QED) is 0.703. The second-order valence-electron chi connectivity index (χ2n) is 4.19. The highest BCUT2D eigenvalue weighted by Crippen LogP contribution is 2.18. The molecule has 2 atom stereocenters. The fraction of sp³-hybridized carbons (Fsp3) is 0.385. The van der Waals surface area contributed by atoms with Crippen molar-refractivity contribution in [2.24, 2.45) is 5.73 Å². The van der Waals surface area contributed by atoms with Gasteiger partial charge in [-0.1, -0.05) is 30.3 Å². The molecule has 1 amide bonds.